The third-order valence-corrected chi connectivity index (χ3v) is 43.3. The number of allylic oxidation sites excluding steroid dienone is 2. The molecule has 2 unspecified atom stereocenters. The Kier molecular flexibility index (Phi) is 12.8. The first-order chi connectivity index (χ1) is 22.6. The van der Waals surface area contributed by atoms with Crippen LogP contribution in [0.15, 0.2) is 83.9 Å². The third-order valence-electron chi connectivity index (χ3n) is 12.5. The van der Waals surface area contributed by atoms with Crippen LogP contribution in [0, 0.1) is 13.8 Å². The largest absolute Gasteiger partial charge is 0.147 e. The summed E-state index contributed by atoms with van der Waals surface area (Å²) in [5, 5.41) is 0. The zero-order valence-electron chi connectivity index (χ0n) is 31.2. The van der Waals surface area contributed by atoms with Crippen LogP contribution in [-0.4, -0.2) is 6.88 Å². The molecule has 0 N–H and O–H groups in total. The second-order valence-corrected chi connectivity index (χ2v) is 42.7. The van der Waals surface area contributed by atoms with Crippen molar-refractivity contribution in [3.8, 4) is 22.3 Å². The number of benzene rings is 4. The molecule has 4 aromatic carbocycles. The summed E-state index contributed by atoms with van der Waals surface area (Å²) in [5.74, 6) is 0. The van der Waals surface area contributed by atoms with Crippen molar-refractivity contribution in [1.82, 2.24) is 0 Å². The van der Waals surface area contributed by atoms with Crippen LogP contribution in [0.4, 0.5) is 0 Å². The van der Waals surface area contributed by atoms with E-state index in [1.54, 1.807) is 22.3 Å². The van der Waals surface area contributed by atoms with E-state index in [-0.39, 0.29) is 24.8 Å². The molecular formula is C45H58Cl2SiZr. The summed E-state index contributed by atoms with van der Waals surface area (Å²) >= 11 is -3.79. The molecular weight excluding hydrogens is 731 g/mol. The smallest absolute Gasteiger partial charge is 0.147 e. The van der Waals surface area contributed by atoms with Crippen LogP contribution in [0.5, 0.6) is 0 Å². The van der Waals surface area contributed by atoms with Gasteiger partial charge in [0, 0.05) is 0 Å². The minimum Gasteiger partial charge on any atom is -0.147 e. The van der Waals surface area contributed by atoms with Gasteiger partial charge < -0.3 is 0 Å². The standard InChI is InChI=1S/C21H23.C20H21.2C2H5.2ClH.H2Si.Zr/c1-4-6-17-8-10-18(11-9-17)19-12-7-15(3)20-13-16(5-2)14-21(19)20;1-4-5-16-7-9-17(10-8-16)18-11-6-15(3)19-12-14(2)13-20(18)19;2*1-2;;;;/h7-14H,4-6H2,1-3H3;6-13H,4-5H2,1-3H3;2*1H2,2H3;2*1H;1H2;. The van der Waals surface area contributed by atoms with Gasteiger partial charge >= 0.3 is 290 Å². The molecule has 0 amide bonds. The molecule has 0 fully saturated rings. The maximum atomic E-state index is 2.66. The summed E-state index contributed by atoms with van der Waals surface area (Å²) in [5.41, 5.74) is 21.1. The number of aryl methyl sites for hydroxylation is 4. The van der Waals surface area contributed by atoms with E-state index in [4.69, 9.17) is 0 Å². The average molecular weight is 789 g/mol. The van der Waals surface area contributed by atoms with Gasteiger partial charge in [-0.3, -0.25) is 0 Å². The molecule has 0 aliphatic heterocycles. The van der Waals surface area contributed by atoms with Crippen molar-refractivity contribution in [3.63, 3.8) is 0 Å². The number of hydrogen-bond donors (Lipinski definition) is 0. The van der Waals surface area contributed by atoms with Gasteiger partial charge in [-0.25, -0.2) is 0 Å². The Morgan fingerprint density at radius 2 is 0.980 bits per heavy atom. The molecule has 0 heterocycles. The molecule has 0 saturated carbocycles. The Labute approximate surface area is 312 Å². The van der Waals surface area contributed by atoms with Crippen molar-refractivity contribution in [1.29, 1.82) is 0 Å². The van der Waals surface area contributed by atoms with Gasteiger partial charge in [0.25, 0.3) is 0 Å². The zero-order valence-corrected chi connectivity index (χ0v) is 36.7. The molecule has 6 rings (SSSR count). The first-order valence-corrected chi connectivity index (χ1v) is 30.7. The van der Waals surface area contributed by atoms with Gasteiger partial charge in [-0.1, -0.05) is 0 Å². The van der Waals surface area contributed by atoms with E-state index >= 15 is 0 Å². The summed E-state index contributed by atoms with van der Waals surface area (Å²) < 4.78 is 3.79. The van der Waals surface area contributed by atoms with Gasteiger partial charge in [0.2, 0.25) is 0 Å². The van der Waals surface area contributed by atoms with E-state index < -0.39 is 17.4 Å². The van der Waals surface area contributed by atoms with Crippen LogP contribution in [0.1, 0.15) is 113 Å². The molecule has 0 nitrogen and oxygen atoms in total. The van der Waals surface area contributed by atoms with E-state index in [2.05, 4.69) is 147 Å². The number of hydrogen-bond acceptors (Lipinski definition) is 0. The number of rotatable bonds is 11. The van der Waals surface area contributed by atoms with E-state index in [1.807, 2.05) is 0 Å². The molecule has 0 saturated heterocycles. The van der Waals surface area contributed by atoms with Crippen LogP contribution in [0.25, 0.3) is 34.4 Å². The van der Waals surface area contributed by atoms with Crippen LogP contribution in [0.2, 0.25) is 8.26 Å². The second-order valence-electron chi connectivity index (χ2n) is 15.1. The van der Waals surface area contributed by atoms with Crippen LogP contribution < -0.4 is 0 Å². The second kappa shape index (κ2) is 15.7. The van der Waals surface area contributed by atoms with Crippen molar-refractivity contribution in [3.05, 3.63) is 128 Å². The molecule has 4 heteroatoms. The Bertz CT molecular complexity index is 1940. The quantitative estimate of drug-likeness (QED) is 0.133. The Morgan fingerprint density at radius 1 is 0.551 bits per heavy atom. The van der Waals surface area contributed by atoms with E-state index in [9.17, 15) is 0 Å². The molecule has 0 radical (unpaired) electrons. The van der Waals surface area contributed by atoms with Gasteiger partial charge in [0.15, 0.2) is 0 Å². The molecule has 0 spiro atoms. The van der Waals surface area contributed by atoms with Crippen LogP contribution in [-0.2, 0) is 30.2 Å². The minimum atomic E-state index is -3.79. The first kappa shape index (κ1) is 39.8. The van der Waals surface area contributed by atoms with Gasteiger partial charge in [-0.15, -0.1) is 24.8 Å². The van der Waals surface area contributed by atoms with Gasteiger partial charge in [-0.05, 0) is 0 Å². The maximum absolute atomic E-state index is 3.79. The monoisotopic (exact) mass is 786 g/mol. The van der Waals surface area contributed by atoms with Crippen molar-refractivity contribution >= 4 is 43.8 Å². The fraction of sp³-hybridized carbons (Fsp3) is 0.378. The molecule has 49 heavy (non-hydrogen) atoms. The summed E-state index contributed by atoms with van der Waals surface area (Å²) in [6.45, 7) is 22.0. The van der Waals surface area contributed by atoms with E-state index in [1.165, 1.54) is 76.7 Å². The molecule has 4 aromatic rings. The molecule has 0 aromatic heterocycles. The van der Waals surface area contributed by atoms with Crippen molar-refractivity contribution in [2.75, 3.05) is 0 Å². The summed E-state index contributed by atoms with van der Waals surface area (Å²) in [7, 11) is 0. The van der Waals surface area contributed by atoms with E-state index in [0.29, 0.717) is 7.25 Å². The Hall–Kier alpha value is -1.96. The number of halogens is 2. The molecule has 2 aliphatic rings. The summed E-state index contributed by atoms with van der Waals surface area (Å²) in [4.78, 5) is 0. The SMILES string of the molecule is CCCc1ccc(-c2ccc(C)c3c2C=C(C)[CH]3[Zr](=[SiH2])([CH2]C)([CH2]C)[CH]2C(CC)=Cc3c(-c4ccc(CCC)cc4)ccc(C)c32)cc1.Cl.Cl. The average Bonchev–Trinajstić information content (AvgIpc) is 3.67. The van der Waals surface area contributed by atoms with Crippen molar-refractivity contribution in [2.24, 2.45) is 0 Å². The molecule has 0 bridgehead atoms. The fourth-order valence-electron chi connectivity index (χ4n) is 9.78. The zero-order chi connectivity index (χ0) is 33.5. The Morgan fingerprint density at radius 3 is 1.39 bits per heavy atom. The maximum Gasteiger partial charge on any atom is -0.147 e. The van der Waals surface area contributed by atoms with E-state index in [0.717, 1.165) is 19.3 Å². The number of fused-ring (bicyclic) bond motifs is 2. The Balaban J connectivity index is 0.00000270. The van der Waals surface area contributed by atoms with Gasteiger partial charge in [-0.2, -0.15) is 0 Å². The summed E-state index contributed by atoms with van der Waals surface area (Å²) in [6.07, 6.45) is 11.1. The normalized spacial score (nSPS) is 16.7. The molecule has 260 valence electrons. The predicted molar refractivity (Wildman–Crippen MR) is 223 cm³/mol. The first-order valence-electron chi connectivity index (χ1n) is 18.5. The molecule has 2 aliphatic carbocycles. The van der Waals surface area contributed by atoms with Crippen LogP contribution >= 0.6 is 24.8 Å². The fourth-order valence-corrected chi connectivity index (χ4v) is 33.8. The minimum absolute atomic E-state index is 0. The van der Waals surface area contributed by atoms with Gasteiger partial charge in [0.05, 0.1) is 0 Å². The molecule has 2 atom stereocenters. The summed E-state index contributed by atoms with van der Waals surface area (Å²) in [6, 6.07) is 28.6. The third kappa shape index (κ3) is 6.63. The predicted octanol–water partition coefficient (Wildman–Crippen LogP) is 13.5. The topological polar surface area (TPSA) is 0 Å². The van der Waals surface area contributed by atoms with Gasteiger partial charge in [0.1, 0.15) is 0 Å². The van der Waals surface area contributed by atoms with Crippen molar-refractivity contribution < 1.29 is 17.4 Å². The van der Waals surface area contributed by atoms with Crippen LogP contribution in [0.3, 0.4) is 0 Å². The van der Waals surface area contributed by atoms with Crippen molar-refractivity contribution in [2.45, 2.75) is 103 Å².